The molecule has 0 aliphatic heterocycles. The van der Waals surface area contributed by atoms with Crippen LogP contribution in [-0.4, -0.2) is 254 Å². The molecule has 17 nitrogen and oxygen atoms in total. The second kappa shape index (κ2) is 111. The molecule has 0 unspecified atom stereocenters. The average Bonchev–Trinajstić information content (AvgIpc) is 2.89. The van der Waals surface area contributed by atoms with Gasteiger partial charge in [0.25, 0.3) is 5.97 Å². The van der Waals surface area contributed by atoms with Crippen LogP contribution < -0.4 is 50.4 Å². The van der Waals surface area contributed by atoms with Crippen molar-refractivity contribution in [3.05, 3.63) is 0 Å². The van der Waals surface area contributed by atoms with Crippen molar-refractivity contribution in [3.63, 3.8) is 0 Å². The van der Waals surface area contributed by atoms with Crippen LogP contribution in [0.3, 0.4) is 0 Å². The fraction of sp³-hybridized carbons (Fsp3) is 0.760. The van der Waals surface area contributed by atoms with Crippen molar-refractivity contribution >= 4 is 193 Å². The second-order valence-electron chi connectivity index (χ2n) is 5.50. The molecule has 0 aromatic heterocycles. The first-order valence-corrected chi connectivity index (χ1v) is 11.9. The minimum absolute atomic E-state index is 0. The molecule has 0 spiro atoms. The van der Waals surface area contributed by atoms with Gasteiger partial charge in [-0.2, -0.15) is 0 Å². The van der Waals surface area contributed by atoms with Crippen LogP contribution in [-0.2, 0) is 33.5 Å². The Bertz CT molecular complexity index is 554. The number of ether oxygens (including phenoxy) is 1. The number of esters is 1. The number of nitrogens with two attached hydrogens (primary N) is 6. The monoisotopic (exact) mass is 1080 g/mol. The molecule has 0 aliphatic carbocycles. The zero-order valence-electron chi connectivity index (χ0n) is 34.0. The van der Waals surface area contributed by atoms with Crippen LogP contribution >= 0.6 is 11.6 Å². The van der Waals surface area contributed by atoms with E-state index >= 15 is 0 Å². The SMILES string of the molecule is C.C.C.CC(=O)Cl.CC(=O)NCCN.CC(=O)NCCNC(C)=O.CC(=O)O.CN.CN.CN.COC(C)=O.NCCN.[Ba+2].[Ba+2].[Ba+2].[H-].[H-].[H-].[H-].[H-].[H-]. The summed E-state index contributed by atoms with van der Waals surface area (Å²) in [5, 5.41) is 14.7. The van der Waals surface area contributed by atoms with Crippen LogP contribution in [0.2, 0.25) is 0 Å². The van der Waals surface area contributed by atoms with Gasteiger partial charge in [0, 0.05) is 80.8 Å². The van der Waals surface area contributed by atoms with Gasteiger partial charge in [0.15, 0.2) is 0 Å². The number of halogens is 1. The van der Waals surface area contributed by atoms with Gasteiger partial charge in [-0.25, -0.2) is 0 Å². The van der Waals surface area contributed by atoms with Gasteiger partial charge < -0.3 is 68.8 Å². The van der Waals surface area contributed by atoms with Gasteiger partial charge in [0.1, 0.15) is 0 Å². The van der Waals surface area contributed by atoms with Crippen molar-refractivity contribution in [2.45, 2.75) is 63.8 Å². The minimum Gasteiger partial charge on any atom is -1.00 e. The van der Waals surface area contributed by atoms with Gasteiger partial charge in [-0.05, 0) is 32.7 Å². The van der Waals surface area contributed by atoms with E-state index in [0.717, 1.165) is 6.92 Å². The van der Waals surface area contributed by atoms with Crippen LogP contribution in [0.4, 0.5) is 0 Å². The molecule has 3 amide bonds. The number of carbonyl (C=O) groups is 6. The van der Waals surface area contributed by atoms with Gasteiger partial charge >= 0.3 is 153 Å². The van der Waals surface area contributed by atoms with Crippen molar-refractivity contribution in [1.29, 1.82) is 0 Å². The van der Waals surface area contributed by atoms with Crippen molar-refractivity contribution in [2.24, 2.45) is 34.4 Å². The molecule has 0 aromatic carbocycles. The zero-order valence-corrected chi connectivity index (χ0v) is 42.1. The Morgan fingerprint density at radius 1 is 0.587 bits per heavy atom. The molecule has 0 saturated carbocycles. The van der Waals surface area contributed by atoms with E-state index in [9.17, 15) is 24.0 Å². The molecule has 46 heavy (non-hydrogen) atoms. The van der Waals surface area contributed by atoms with E-state index in [1.54, 1.807) is 0 Å². The largest absolute Gasteiger partial charge is 2.00 e. The van der Waals surface area contributed by atoms with Crippen LogP contribution in [0, 0.1) is 0 Å². The van der Waals surface area contributed by atoms with E-state index in [2.05, 4.69) is 49.5 Å². The standard InChI is InChI=1S/C6H12N2O2.C4H10N2O.C3H6O2.C2H3ClO.C2H8N2.C2H4O2.3CH5N.3CH4.3Ba.6H/c1-5(9)7-3-4-8-6(2)10;1-4(7)6-3-2-5;1-3(4)5-2;1-2(3)4;3-1-2-4;1-2(3)4;3*1-2;;;;;;;;;;;;/h3-4H2,1-2H3,(H,7,9)(H,8,10);2-3,5H2,1H3,(H,6,7);1-2H3;1H3;1-4H2;1H3,(H,3,4);3*2H2,1H3;3*1H4;;;;;;;;;/q;;;;;;;;;;;;3*+2;6*-1. The van der Waals surface area contributed by atoms with Crippen molar-refractivity contribution in [3.8, 4) is 0 Å². The van der Waals surface area contributed by atoms with E-state index in [4.69, 9.17) is 27.1 Å². The number of hydrogen-bond acceptors (Lipinski definition) is 13. The Hall–Kier alpha value is 1.78. The molecule has 0 bridgehead atoms. The normalized spacial score (nSPS) is 6.02. The average molecular weight is 1080 g/mol. The molecule has 0 rings (SSSR count). The molecule has 0 saturated heterocycles. The van der Waals surface area contributed by atoms with Gasteiger partial charge in [-0.3, -0.25) is 28.8 Å². The van der Waals surface area contributed by atoms with E-state index in [-0.39, 0.29) is 206 Å². The van der Waals surface area contributed by atoms with Gasteiger partial charge in [0.05, 0.1) is 7.11 Å². The molecule has 0 aliphatic rings. The summed E-state index contributed by atoms with van der Waals surface area (Å²) in [5.74, 6) is -1.26. The summed E-state index contributed by atoms with van der Waals surface area (Å²) in [4.78, 5) is 58.4. The second-order valence-corrected chi connectivity index (χ2v) is 6.03. The Labute approximate surface area is 415 Å². The van der Waals surface area contributed by atoms with Crippen molar-refractivity contribution in [1.82, 2.24) is 16.0 Å². The number of carbonyl (C=O) groups excluding carboxylic acids is 5. The molecular weight excluding hydrogens is 1000 g/mol. The topological polar surface area (TPSA) is 324 Å². The van der Waals surface area contributed by atoms with Gasteiger partial charge in [0.2, 0.25) is 23.0 Å². The predicted molar refractivity (Wildman–Crippen MR) is 205 cm³/mol. The summed E-state index contributed by atoms with van der Waals surface area (Å²) < 4.78 is 4.11. The summed E-state index contributed by atoms with van der Waals surface area (Å²) in [6, 6.07) is 0. The summed E-state index contributed by atoms with van der Waals surface area (Å²) in [6.45, 7) is 11.4. The number of aliphatic carboxylic acids is 1. The fourth-order valence-corrected chi connectivity index (χ4v) is 0.725. The predicted octanol–water partition coefficient (Wildman–Crippen LogP) is -1.55. The third-order valence-electron chi connectivity index (χ3n) is 1.85. The summed E-state index contributed by atoms with van der Waals surface area (Å²) in [7, 11) is 5.85. The molecule has 0 fully saturated rings. The first-order valence-electron chi connectivity index (χ1n) is 11.5. The summed E-state index contributed by atoms with van der Waals surface area (Å²) >= 11 is 4.64. The number of carboxylic acid groups (broad SMARTS) is 1. The number of nitrogens with one attached hydrogen (secondary N) is 3. The van der Waals surface area contributed by atoms with Crippen LogP contribution in [0.5, 0.6) is 0 Å². The summed E-state index contributed by atoms with van der Waals surface area (Å²) in [5.41, 5.74) is 28.4. The molecule has 282 valence electrons. The van der Waals surface area contributed by atoms with Crippen LogP contribution in [0.1, 0.15) is 72.4 Å². The first kappa shape index (κ1) is 97.3. The molecule has 16 N–H and O–H groups in total. The Morgan fingerprint density at radius 2 is 0.739 bits per heavy atom. The molecular formula is C25H76Ba3ClN9O8. The summed E-state index contributed by atoms with van der Waals surface area (Å²) in [6.07, 6.45) is 0. The Morgan fingerprint density at radius 3 is 0.804 bits per heavy atom. The Kier molecular flexibility index (Phi) is 234. The number of rotatable bonds is 6. The number of hydrogen-bond donors (Lipinski definition) is 10. The van der Waals surface area contributed by atoms with Crippen molar-refractivity contribution in [2.75, 3.05) is 67.5 Å². The van der Waals surface area contributed by atoms with Crippen LogP contribution in [0.25, 0.3) is 0 Å². The Balaban J connectivity index is -0.0000000111. The van der Waals surface area contributed by atoms with Crippen LogP contribution in [0.15, 0.2) is 0 Å². The quantitative estimate of drug-likeness (QED) is 0.0624. The van der Waals surface area contributed by atoms with E-state index in [1.165, 1.54) is 62.9 Å². The number of amides is 3. The molecule has 0 radical (unpaired) electrons. The number of carboxylic acids is 1. The van der Waals surface area contributed by atoms with E-state index in [1.807, 2.05) is 0 Å². The molecule has 0 aromatic rings. The van der Waals surface area contributed by atoms with E-state index < -0.39 is 5.97 Å². The molecule has 0 atom stereocenters. The third-order valence-corrected chi connectivity index (χ3v) is 1.85. The van der Waals surface area contributed by atoms with Gasteiger partial charge in [-0.1, -0.05) is 22.3 Å². The fourth-order valence-electron chi connectivity index (χ4n) is 0.725. The maximum Gasteiger partial charge on any atom is 2.00 e. The minimum atomic E-state index is -0.833. The zero-order chi connectivity index (χ0) is 34.5. The number of methoxy groups -OCH3 is 1. The third kappa shape index (κ3) is 369. The smallest absolute Gasteiger partial charge is 1.00 e. The maximum atomic E-state index is 10.3. The van der Waals surface area contributed by atoms with Gasteiger partial charge in [-0.15, -0.1) is 0 Å². The van der Waals surface area contributed by atoms with Crippen molar-refractivity contribution < 1.29 is 47.2 Å². The van der Waals surface area contributed by atoms with E-state index in [0.29, 0.717) is 39.3 Å². The maximum absolute atomic E-state index is 10.3. The first-order chi connectivity index (χ1) is 18.5. The molecule has 21 heteroatoms. The molecule has 0 heterocycles.